The van der Waals surface area contributed by atoms with Crippen molar-refractivity contribution in [3.63, 3.8) is 0 Å². The third kappa shape index (κ3) is 5.84. The smallest absolute Gasteiger partial charge is 0.248 e. The van der Waals surface area contributed by atoms with Crippen molar-refractivity contribution < 1.29 is 9.53 Å². The summed E-state index contributed by atoms with van der Waals surface area (Å²) in [6.45, 7) is 12.3. The Balaban J connectivity index is 1.57. The van der Waals surface area contributed by atoms with Gasteiger partial charge in [0.05, 0.1) is 6.61 Å². The minimum atomic E-state index is -0.133. The van der Waals surface area contributed by atoms with E-state index in [1.54, 1.807) is 6.08 Å². The van der Waals surface area contributed by atoms with Gasteiger partial charge in [0.1, 0.15) is 5.75 Å². The number of ether oxygens (including phenoxy) is 1. The molecule has 0 aromatic heterocycles. The number of anilines is 2. The van der Waals surface area contributed by atoms with E-state index < -0.39 is 0 Å². The van der Waals surface area contributed by atoms with Crippen LogP contribution in [0.15, 0.2) is 48.5 Å². The summed E-state index contributed by atoms with van der Waals surface area (Å²) in [6.07, 6.45) is 3.37. The first-order valence-electron chi connectivity index (χ1n) is 10.4. The third-order valence-corrected chi connectivity index (χ3v) is 5.27. The number of nitrogens with one attached hydrogen (secondary N) is 1. The first kappa shape index (κ1) is 20.9. The highest BCUT2D eigenvalue weighted by Crippen LogP contribution is 2.24. The van der Waals surface area contributed by atoms with Gasteiger partial charge in [-0.1, -0.05) is 19.1 Å². The van der Waals surface area contributed by atoms with Crippen LogP contribution in [0.3, 0.4) is 0 Å². The summed E-state index contributed by atoms with van der Waals surface area (Å²) >= 11 is 0. The molecule has 5 heteroatoms. The predicted octanol–water partition coefficient (Wildman–Crippen LogP) is 4.19. The van der Waals surface area contributed by atoms with Gasteiger partial charge in [-0.15, -0.1) is 0 Å². The summed E-state index contributed by atoms with van der Waals surface area (Å²) in [6, 6.07) is 13.9. The van der Waals surface area contributed by atoms with Crippen molar-refractivity contribution in [2.75, 3.05) is 49.5 Å². The number of carbonyl (C=O) groups excluding carboxylic acids is 1. The molecular weight excluding hydrogens is 362 g/mol. The van der Waals surface area contributed by atoms with Gasteiger partial charge >= 0.3 is 0 Å². The Hall–Kier alpha value is -2.79. The molecule has 1 aliphatic heterocycles. The molecule has 1 N–H and O–H groups in total. The molecule has 0 spiro atoms. The van der Waals surface area contributed by atoms with Crippen molar-refractivity contribution in [2.24, 2.45) is 0 Å². The van der Waals surface area contributed by atoms with Crippen molar-refractivity contribution >= 4 is 23.4 Å². The van der Waals surface area contributed by atoms with Gasteiger partial charge in [0.25, 0.3) is 0 Å². The maximum absolute atomic E-state index is 12.3. The lowest BCUT2D eigenvalue weighted by Crippen LogP contribution is -2.46. The summed E-state index contributed by atoms with van der Waals surface area (Å²) in [5, 5.41) is 2.98. The number of carbonyl (C=O) groups is 1. The van der Waals surface area contributed by atoms with Crippen LogP contribution >= 0.6 is 0 Å². The maximum atomic E-state index is 12.3. The average Bonchev–Trinajstić information content (AvgIpc) is 2.75. The molecule has 2 aromatic carbocycles. The normalized spacial score (nSPS) is 14.9. The highest BCUT2D eigenvalue weighted by molar-refractivity contribution is 6.02. The topological polar surface area (TPSA) is 44.8 Å². The van der Waals surface area contributed by atoms with Crippen molar-refractivity contribution in [1.82, 2.24) is 4.90 Å². The first-order chi connectivity index (χ1) is 14.1. The van der Waals surface area contributed by atoms with E-state index in [1.165, 1.54) is 5.69 Å². The highest BCUT2D eigenvalue weighted by atomic mass is 16.5. The van der Waals surface area contributed by atoms with Gasteiger partial charge in [-0.2, -0.15) is 0 Å². The summed E-state index contributed by atoms with van der Waals surface area (Å²) in [7, 11) is 0. The van der Waals surface area contributed by atoms with Crippen LogP contribution in [0, 0.1) is 6.92 Å². The molecule has 0 radical (unpaired) electrons. The second-order valence-corrected chi connectivity index (χ2v) is 7.25. The minimum Gasteiger partial charge on any atom is -0.494 e. The molecule has 1 heterocycles. The molecule has 0 bridgehead atoms. The second kappa shape index (κ2) is 10.1. The third-order valence-electron chi connectivity index (χ3n) is 5.27. The van der Waals surface area contributed by atoms with Gasteiger partial charge in [0.2, 0.25) is 5.91 Å². The van der Waals surface area contributed by atoms with Gasteiger partial charge < -0.3 is 19.9 Å². The molecule has 5 nitrogen and oxygen atoms in total. The van der Waals surface area contributed by atoms with E-state index in [9.17, 15) is 4.79 Å². The molecule has 2 aromatic rings. The van der Waals surface area contributed by atoms with E-state index in [-0.39, 0.29) is 5.91 Å². The van der Waals surface area contributed by atoms with E-state index in [0.29, 0.717) is 6.61 Å². The molecule has 1 fully saturated rings. The number of likely N-dealkylation sites (N-methyl/N-ethyl adjacent to an activating group) is 1. The Morgan fingerprint density at radius 2 is 1.79 bits per heavy atom. The molecule has 0 aliphatic carbocycles. The number of hydrogen-bond donors (Lipinski definition) is 1. The summed E-state index contributed by atoms with van der Waals surface area (Å²) in [5.74, 6) is 0.701. The molecule has 1 aliphatic rings. The monoisotopic (exact) mass is 393 g/mol. The predicted molar refractivity (Wildman–Crippen MR) is 121 cm³/mol. The number of amides is 1. The van der Waals surface area contributed by atoms with Gasteiger partial charge in [-0.25, -0.2) is 0 Å². The minimum absolute atomic E-state index is 0.133. The zero-order valence-corrected chi connectivity index (χ0v) is 17.6. The molecule has 0 unspecified atom stereocenters. The number of aryl methyl sites for hydroxylation is 1. The van der Waals surface area contributed by atoms with Crippen LogP contribution in [-0.2, 0) is 4.79 Å². The Labute approximate surface area is 174 Å². The lowest BCUT2D eigenvalue weighted by molar-refractivity contribution is -0.111. The second-order valence-electron chi connectivity index (χ2n) is 7.25. The molecule has 1 amide bonds. The Kier molecular flexibility index (Phi) is 7.30. The van der Waals surface area contributed by atoms with Gasteiger partial charge in [0, 0.05) is 43.6 Å². The Bertz CT molecular complexity index is 838. The molecule has 29 heavy (non-hydrogen) atoms. The maximum Gasteiger partial charge on any atom is 0.248 e. The number of hydrogen-bond acceptors (Lipinski definition) is 4. The summed E-state index contributed by atoms with van der Waals surface area (Å²) in [4.78, 5) is 17.2. The fraction of sp³-hybridized carbons (Fsp3) is 0.375. The molecular formula is C24H31N3O2. The van der Waals surface area contributed by atoms with Crippen molar-refractivity contribution in [1.29, 1.82) is 0 Å². The average molecular weight is 394 g/mol. The highest BCUT2D eigenvalue weighted by Gasteiger charge is 2.16. The zero-order valence-electron chi connectivity index (χ0n) is 17.6. The number of rotatable bonds is 7. The quantitative estimate of drug-likeness (QED) is 0.717. The van der Waals surface area contributed by atoms with Crippen LogP contribution in [0.2, 0.25) is 0 Å². The van der Waals surface area contributed by atoms with Crippen LogP contribution in [0.4, 0.5) is 11.4 Å². The lowest BCUT2D eigenvalue weighted by Gasteiger charge is -2.35. The summed E-state index contributed by atoms with van der Waals surface area (Å²) in [5.41, 5.74) is 4.11. The Morgan fingerprint density at radius 3 is 2.41 bits per heavy atom. The van der Waals surface area contributed by atoms with Crippen LogP contribution < -0.4 is 15.0 Å². The first-order valence-corrected chi connectivity index (χ1v) is 10.4. The molecule has 154 valence electrons. The molecule has 0 atom stereocenters. The molecule has 3 rings (SSSR count). The number of benzene rings is 2. The number of nitrogens with zero attached hydrogens (tertiary/aromatic N) is 2. The molecule has 1 saturated heterocycles. The standard InChI is InChI=1S/C24H31N3O2/c1-4-26-14-16-27(17-15-26)21-9-12-23(19(3)18-21)25-24(28)13-8-20-6-10-22(11-7-20)29-5-2/h6-13,18H,4-5,14-17H2,1-3H3,(H,25,28)/b13-8+. The van der Waals surface area contributed by atoms with Crippen molar-refractivity contribution in [3.8, 4) is 5.75 Å². The zero-order chi connectivity index (χ0) is 20.6. The van der Waals surface area contributed by atoms with Crippen LogP contribution in [0.1, 0.15) is 25.0 Å². The van der Waals surface area contributed by atoms with Crippen molar-refractivity contribution in [3.05, 3.63) is 59.7 Å². The SMILES string of the molecule is CCOc1ccc(/C=C/C(=O)Nc2ccc(N3CCN(CC)CC3)cc2C)cc1. The van der Waals surface area contributed by atoms with E-state index in [4.69, 9.17) is 4.74 Å². The van der Waals surface area contributed by atoms with E-state index in [1.807, 2.05) is 50.3 Å². The van der Waals surface area contributed by atoms with Gasteiger partial charge in [-0.05, 0) is 67.9 Å². The lowest BCUT2D eigenvalue weighted by atomic mass is 10.1. The van der Waals surface area contributed by atoms with E-state index >= 15 is 0 Å². The summed E-state index contributed by atoms with van der Waals surface area (Å²) < 4.78 is 5.43. The van der Waals surface area contributed by atoms with Crippen LogP contribution in [-0.4, -0.2) is 50.1 Å². The molecule has 0 saturated carbocycles. The van der Waals surface area contributed by atoms with Gasteiger partial charge in [0.15, 0.2) is 0 Å². The van der Waals surface area contributed by atoms with Crippen molar-refractivity contribution in [2.45, 2.75) is 20.8 Å². The Morgan fingerprint density at radius 1 is 1.07 bits per heavy atom. The fourth-order valence-electron chi connectivity index (χ4n) is 3.50. The van der Waals surface area contributed by atoms with E-state index in [2.05, 4.69) is 34.2 Å². The van der Waals surface area contributed by atoms with Crippen LogP contribution in [0.25, 0.3) is 6.08 Å². The van der Waals surface area contributed by atoms with E-state index in [0.717, 1.165) is 55.3 Å². The van der Waals surface area contributed by atoms with Gasteiger partial charge in [-0.3, -0.25) is 4.79 Å². The fourth-order valence-corrected chi connectivity index (χ4v) is 3.50. The largest absolute Gasteiger partial charge is 0.494 e. The van der Waals surface area contributed by atoms with Crippen LogP contribution in [0.5, 0.6) is 5.75 Å². The number of piperazine rings is 1.